The smallest absolute Gasteiger partial charge is 0.267 e. The zero-order valence-corrected chi connectivity index (χ0v) is 12.4. The van der Waals surface area contributed by atoms with E-state index in [1.807, 2.05) is 36.4 Å². The molecule has 1 unspecified atom stereocenters. The van der Waals surface area contributed by atoms with Gasteiger partial charge in [-0.1, -0.05) is 12.1 Å². The highest BCUT2D eigenvalue weighted by molar-refractivity contribution is 5.81. The van der Waals surface area contributed by atoms with Crippen LogP contribution in [0.2, 0.25) is 0 Å². The standard InChI is InChI=1S/C17H18N2O3/c1-19(11-8-13-6-9-18-10-7-13)17(20)16-12-21-14-4-2-3-5-15(14)22-16/h2-7,9-10,16H,8,11-12H2,1H3. The van der Waals surface area contributed by atoms with E-state index < -0.39 is 6.10 Å². The molecule has 0 saturated carbocycles. The number of benzene rings is 1. The number of nitrogens with zero attached hydrogens (tertiary/aromatic N) is 2. The molecule has 5 heteroatoms. The number of carbonyl (C=O) groups excluding carboxylic acids is 1. The molecule has 1 atom stereocenters. The van der Waals surface area contributed by atoms with Gasteiger partial charge in [0.25, 0.3) is 5.91 Å². The number of fused-ring (bicyclic) bond motifs is 1. The van der Waals surface area contributed by atoms with Gasteiger partial charge < -0.3 is 14.4 Å². The summed E-state index contributed by atoms with van der Waals surface area (Å²) in [5, 5.41) is 0. The molecular formula is C17H18N2O3. The molecule has 5 nitrogen and oxygen atoms in total. The molecule has 1 aliphatic rings. The third-order valence-electron chi connectivity index (χ3n) is 3.65. The lowest BCUT2D eigenvalue weighted by Gasteiger charge is -2.28. The van der Waals surface area contributed by atoms with Gasteiger partial charge in [0, 0.05) is 26.0 Å². The first-order valence-corrected chi connectivity index (χ1v) is 7.26. The van der Waals surface area contributed by atoms with E-state index in [2.05, 4.69) is 4.98 Å². The Kier molecular flexibility index (Phi) is 4.23. The van der Waals surface area contributed by atoms with E-state index in [1.165, 1.54) is 0 Å². The molecule has 0 fully saturated rings. The summed E-state index contributed by atoms with van der Waals surface area (Å²) in [6.07, 6.45) is 3.71. The van der Waals surface area contributed by atoms with Crippen LogP contribution in [0.4, 0.5) is 0 Å². The SMILES string of the molecule is CN(CCc1ccncc1)C(=O)C1COc2ccccc2O1. The van der Waals surface area contributed by atoms with Crippen LogP contribution in [0.25, 0.3) is 0 Å². The van der Waals surface area contributed by atoms with Gasteiger partial charge >= 0.3 is 0 Å². The maximum absolute atomic E-state index is 12.4. The summed E-state index contributed by atoms with van der Waals surface area (Å²) in [5.41, 5.74) is 1.15. The van der Waals surface area contributed by atoms with Crippen molar-refractivity contribution in [3.8, 4) is 11.5 Å². The zero-order valence-electron chi connectivity index (χ0n) is 12.4. The Hall–Kier alpha value is -2.56. The Morgan fingerprint density at radius 3 is 2.73 bits per heavy atom. The molecule has 1 aliphatic heterocycles. The maximum Gasteiger partial charge on any atom is 0.267 e. The van der Waals surface area contributed by atoms with E-state index in [0.29, 0.717) is 18.0 Å². The molecule has 2 heterocycles. The fourth-order valence-electron chi connectivity index (χ4n) is 2.34. The largest absolute Gasteiger partial charge is 0.485 e. The number of hydrogen-bond acceptors (Lipinski definition) is 4. The molecule has 0 radical (unpaired) electrons. The maximum atomic E-state index is 12.4. The second kappa shape index (κ2) is 6.47. The first-order valence-electron chi connectivity index (χ1n) is 7.26. The van der Waals surface area contributed by atoms with Crippen LogP contribution in [0.15, 0.2) is 48.8 Å². The average Bonchev–Trinajstić information content (AvgIpc) is 2.59. The molecule has 3 rings (SSSR count). The van der Waals surface area contributed by atoms with Gasteiger partial charge in [-0.05, 0) is 36.2 Å². The number of carbonyl (C=O) groups is 1. The molecular weight excluding hydrogens is 280 g/mol. The molecule has 1 amide bonds. The Balaban J connectivity index is 1.57. The van der Waals surface area contributed by atoms with E-state index in [1.54, 1.807) is 24.3 Å². The third kappa shape index (κ3) is 3.19. The molecule has 0 bridgehead atoms. The third-order valence-corrected chi connectivity index (χ3v) is 3.65. The van der Waals surface area contributed by atoms with Crippen LogP contribution < -0.4 is 9.47 Å². The molecule has 114 valence electrons. The number of hydrogen-bond donors (Lipinski definition) is 0. The van der Waals surface area contributed by atoms with E-state index in [0.717, 1.165) is 12.0 Å². The van der Waals surface area contributed by atoms with Crippen molar-refractivity contribution in [2.45, 2.75) is 12.5 Å². The highest BCUT2D eigenvalue weighted by Crippen LogP contribution is 2.31. The van der Waals surface area contributed by atoms with Crippen LogP contribution >= 0.6 is 0 Å². The van der Waals surface area contributed by atoms with E-state index >= 15 is 0 Å². The summed E-state index contributed by atoms with van der Waals surface area (Å²) < 4.78 is 11.3. The first kappa shape index (κ1) is 14.4. The van der Waals surface area contributed by atoms with E-state index in [4.69, 9.17) is 9.47 Å². The number of pyridine rings is 1. The number of aromatic nitrogens is 1. The van der Waals surface area contributed by atoms with Gasteiger partial charge in [0.1, 0.15) is 6.61 Å². The van der Waals surface area contributed by atoms with Crippen LogP contribution in [0.5, 0.6) is 11.5 Å². The molecule has 22 heavy (non-hydrogen) atoms. The normalized spacial score (nSPS) is 16.1. The zero-order chi connectivity index (χ0) is 15.4. The highest BCUT2D eigenvalue weighted by atomic mass is 16.6. The van der Waals surface area contributed by atoms with Gasteiger partial charge in [0.15, 0.2) is 11.5 Å². The summed E-state index contributed by atoms with van der Waals surface area (Å²) >= 11 is 0. The van der Waals surface area contributed by atoms with Crippen molar-refractivity contribution in [1.29, 1.82) is 0 Å². The monoisotopic (exact) mass is 298 g/mol. The highest BCUT2D eigenvalue weighted by Gasteiger charge is 2.29. The topological polar surface area (TPSA) is 51.7 Å². The van der Waals surface area contributed by atoms with Gasteiger partial charge in [0.05, 0.1) is 0 Å². The van der Waals surface area contributed by atoms with Gasteiger partial charge in [0.2, 0.25) is 6.10 Å². The molecule has 1 aromatic heterocycles. The lowest BCUT2D eigenvalue weighted by atomic mass is 10.2. The minimum absolute atomic E-state index is 0.0661. The van der Waals surface area contributed by atoms with Crippen molar-refractivity contribution in [2.24, 2.45) is 0 Å². The fraction of sp³-hybridized carbons (Fsp3) is 0.294. The molecule has 0 saturated heterocycles. The van der Waals surface area contributed by atoms with E-state index in [9.17, 15) is 4.79 Å². The van der Waals surface area contributed by atoms with Gasteiger partial charge in [-0.15, -0.1) is 0 Å². The van der Waals surface area contributed by atoms with Crippen LogP contribution in [-0.2, 0) is 11.2 Å². The molecule has 2 aromatic rings. The second-order valence-corrected chi connectivity index (χ2v) is 5.23. The lowest BCUT2D eigenvalue weighted by molar-refractivity contribution is -0.139. The van der Waals surface area contributed by atoms with Gasteiger partial charge in [-0.2, -0.15) is 0 Å². The summed E-state index contributed by atoms with van der Waals surface area (Å²) in [5.74, 6) is 1.24. The Labute approximate surface area is 129 Å². The van der Waals surface area contributed by atoms with Crippen LogP contribution in [0.3, 0.4) is 0 Å². The van der Waals surface area contributed by atoms with Crippen molar-refractivity contribution < 1.29 is 14.3 Å². The second-order valence-electron chi connectivity index (χ2n) is 5.23. The van der Waals surface area contributed by atoms with Crippen molar-refractivity contribution >= 4 is 5.91 Å². The number of rotatable bonds is 4. The van der Waals surface area contributed by atoms with Crippen LogP contribution in [-0.4, -0.2) is 42.1 Å². The number of para-hydroxylation sites is 2. The van der Waals surface area contributed by atoms with Crippen molar-refractivity contribution in [3.05, 3.63) is 54.4 Å². The Morgan fingerprint density at radius 1 is 1.23 bits per heavy atom. The molecule has 0 spiro atoms. The van der Waals surface area contributed by atoms with Crippen molar-refractivity contribution in [3.63, 3.8) is 0 Å². The lowest BCUT2D eigenvalue weighted by Crippen LogP contribution is -2.45. The summed E-state index contributed by atoms with van der Waals surface area (Å²) in [7, 11) is 1.79. The number of ether oxygens (including phenoxy) is 2. The molecule has 0 N–H and O–H groups in total. The quantitative estimate of drug-likeness (QED) is 0.865. The first-order chi connectivity index (χ1) is 10.7. The molecule has 0 aliphatic carbocycles. The van der Waals surface area contributed by atoms with Gasteiger partial charge in [-0.25, -0.2) is 0 Å². The van der Waals surface area contributed by atoms with Crippen LogP contribution in [0.1, 0.15) is 5.56 Å². The summed E-state index contributed by atoms with van der Waals surface area (Å²) in [4.78, 5) is 18.1. The summed E-state index contributed by atoms with van der Waals surface area (Å²) in [6.45, 7) is 0.875. The number of amides is 1. The average molecular weight is 298 g/mol. The minimum Gasteiger partial charge on any atom is -0.485 e. The fourth-order valence-corrected chi connectivity index (χ4v) is 2.34. The van der Waals surface area contributed by atoms with Crippen molar-refractivity contribution in [1.82, 2.24) is 9.88 Å². The Morgan fingerprint density at radius 2 is 1.95 bits per heavy atom. The van der Waals surface area contributed by atoms with E-state index in [-0.39, 0.29) is 12.5 Å². The number of likely N-dealkylation sites (N-methyl/N-ethyl adjacent to an activating group) is 1. The van der Waals surface area contributed by atoms with Crippen LogP contribution in [0, 0.1) is 0 Å². The summed E-state index contributed by atoms with van der Waals surface area (Å²) in [6, 6.07) is 11.3. The predicted octanol–water partition coefficient (Wildman–Crippen LogP) is 1.92. The molecule has 1 aromatic carbocycles. The van der Waals surface area contributed by atoms with Crippen molar-refractivity contribution in [2.75, 3.05) is 20.2 Å². The van der Waals surface area contributed by atoms with Gasteiger partial charge in [-0.3, -0.25) is 9.78 Å². The predicted molar refractivity (Wildman–Crippen MR) is 81.9 cm³/mol. The minimum atomic E-state index is -0.586. The Bertz CT molecular complexity index is 645.